The molecule has 7 atom stereocenters. The molecule has 1 aromatic heterocycles. The fourth-order valence-corrected chi connectivity index (χ4v) is 8.02. The third-order valence-corrected chi connectivity index (χ3v) is 9.41. The Kier molecular flexibility index (Phi) is 4.84. The zero-order valence-electron chi connectivity index (χ0n) is 17.2. The molecule has 0 spiro atoms. The summed E-state index contributed by atoms with van der Waals surface area (Å²) in [5.74, 6) is 4.80. The number of hydrogen-bond acceptors (Lipinski definition) is 2. The molecule has 3 fully saturated rings. The Balaban J connectivity index is 1.34. The molecule has 3 saturated carbocycles. The molecular formula is C24H33BrN2O. The highest BCUT2D eigenvalue weighted by Crippen LogP contribution is 2.63. The summed E-state index contributed by atoms with van der Waals surface area (Å²) < 4.78 is 2.75. The number of carbonyl (C=O) groups excluding carboxylic acids is 1. The molecule has 7 unspecified atom stereocenters. The quantitative estimate of drug-likeness (QED) is 0.532. The minimum Gasteiger partial charge on any atom is -0.297 e. The number of fused-ring (bicyclic) bond motifs is 5. The topological polar surface area (TPSA) is 34.9 Å². The van der Waals surface area contributed by atoms with Gasteiger partial charge in [-0.05, 0) is 102 Å². The highest BCUT2D eigenvalue weighted by Gasteiger charge is 2.57. The predicted molar refractivity (Wildman–Crippen MR) is 115 cm³/mol. The van der Waals surface area contributed by atoms with E-state index in [-0.39, 0.29) is 11.3 Å². The van der Waals surface area contributed by atoms with E-state index in [1.54, 1.807) is 16.5 Å². The number of nitrogens with zero attached hydrogens (tertiary/aromatic N) is 2. The summed E-state index contributed by atoms with van der Waals surface area (Å²) >= 11 is 3.44. The lowest BCUT2D eigenvalue weighted by Crippen LogP contribution is -2.47. The third-order valence-electron chi connectivity index (χ3n) is 9.00. The van der Waals surface area contributed by atoms with Gasteiger partial charge in [-0.2, -0.15) is 5.10 Å². The lowest BCUT2D eigenvalue weighted by Gasteiger charge is -2.53. The van der Waals surface area contributed by atoms with Crippen LogP contribution in [0.2, 0.25) is 0 Å². The van der Waals surface area contributed by atoms with Crippen LogP contribution >= 0.6 is 15.9 Å². The van der Waals surface area contributed by atoms with Gasteiger partial charge in [0.1, 0.15) is 0 Å². The first-order valence-electron chi connectivity index (χ1n) is 11.4. The van der Waals surface area contributed by atoms with Crippen molar-refractivity contribution in [1.82, 2.24) is 9.78 Å². The Morgan fingerprint density at radius 1 is 1.25 bits per heavy atom. The van der Waals surface area contributed by atoms with Gasteiger partial charge in [0.15, 0.2) is 5.78 Å². The lowest BCUT2D eigenvalue weighted by molar-refractivity contribution is -0.129. The number of Topliss-reactive ketones (excluding diaryl/α,β-unsaturated/α-hetero) is 1. The Bertz CT molecular complexity index is 798. The van der Waals surface area contributed by atoms with E-state index in [0.717, 1.165) is 40.5 Å². The van der Waals surface area contributed by atoms with Crippen molar-refractivity contribution < 1.29 is 4.79 Å². The normalized spacial score (nSPS) is 42.3. The maximum absolute atomic E-state index is 13.2. The molecule has 4 heteroatoms. The molecule has 3 nitrogen and oxygen atoms in total. The van der Waals surface area contributed by atoms with E-state index in [2.05, 4.69) is 41.0 Å². The molecule has 0 radical (unpaired) electrons. The second-order valence-electron chi connectivity index (χ2n) is 10.4. The second-order valence-corrected chi connectivity index (χ2v) is 11.4. The van der Waals surface area contributed by atoms with Gasteiger partial charge in [0.2, 0.25) is 0 Å². The molecule has 0 aromatic carbocycles. The summed E-state index contributed by atoms with van der Waals surface area (Å²) in [5, 5.41) is 4.31. The van der Waals surface area contributed by atoms with Crippen LogP contribution in [0.3, 0.4) is 0 Å². The van der Waals surface area contributed by atoms with Crippen molar-refractivity contribution in [3.63, 3.8) is 0 Å². The monoisotopic (exact) mass is 444 g/mol. The average Bonchev–Trinajstić information content (AvgIpc) is 3.23. The summed E-state index contributed by atoms with van der Waals surface area (Å²) in [7, 11) is 0. The van der Waals surface area contributed by atoms with Crippen LogP contribution < -0.4 is 0 Å². The molecule has 0 N–H and O–H groups in total. The van der Waals surface area contributed by atoms with Gasteiger partial charge in [-0.15, -0.1) is 0 Å². The van der Waals surface area contributed by atoms with Crippen LogP contribution in [0.15, 0.2) is 28.5 Å². The summed E-state index contributed by atoms with van der Waals surface area (Å²) in [6.45, 7) is 5.30. The van der Waals surface area contributed by atoms with Gasteiger partial charge in [-0.25, -0.2) is 0 Å². The summed E-state index contributed by atoms with van der Waals surface area (Å²) in [6, 6.07) is 0. The van der Waals surface area contributed by atoms with E-state index >= 15 is 0 Å². The van der Waals surface area contributed by atoms with E-state index in [1.807, 2.05) is 6.20 Å². The van der Waals surface area contributed by atoms with Crippen LogP contribution in [-0.4, -0.2) is 15.6 Å². The average molecular weight is 445 g/mol. The van der Waals surface area contributed by atoms with Crippen LogP contribution in [0.25, 0.3) is 0 Å². The molecule has 28 heavy (non-hydrogen) atoms. The largest absolute Gasteiger partial charge is 0.297 e. The van der Waals surface area contributed by atoms with Gasteiger partial charge in [0.05, 0.1) is 17.2 Å². The standard InChI is InChI=1S/C24H33BrN2O/c1-15-3-5-18-16(11-15)4-6-20-19(18)9-10-24(2)21(20)7-8-22(24)23(28)14-27-13-17(25)12-26-27/h4,12-13,15,18-22H,3,5-11,14H2,1-2H3. The van der Waals surface area contributed by atoms with Gasteiger partial charge >= 0.3 is 0 Å². The number of halogens is 1. The molecule has 0 saturated heterocycles. The van der Waals surface area contributed by atoms with Gasteiger partial charge in [0.25, 0.3) is 0 Å². The molecule has 0 aliphatic heterocycles. The number of carbonyl (C=O) groups is 1. The molecule has 5 rings (SSSR count). The fraction of sp³-hybridized carbons (Fsp3) is 0.750. The van der Waals surface area contributed by atoms with Crippen molar-refractivity contribution in [2.24, 2.45) is 40.9 Å². The summed E-state index contributed by atoms with van der Waals surface area (Å²) in [4.78, 5) is 13.2. The number of hydrogen-bond donors (Lipinski definition) is 0. The first kappa shape index (κ1) is 19.1. The fourth-order valence-electron chi connectivity index (χ4n) is 7.70. The Morgan fingerprint density at radius 3 is 2.89 bits per heavy atom. The highest BCUT2D eigenvalue weighted by atomic mass is 79.9. The van der Waals surface area contributed by atoms with E-state index in [9.17, 15) is 4.79 Å². The Hall–Kier alpha value is -0.900. The van der Waals surface area contributed by atoms with Crippen LogP contribution in [-0.2, 0) is 11.3 Å². The van der Waals surface area contributed by atoms with Crippen LogP contribution in [0, 0.1) is 40.9 Å². The molecule has 4 aliphatic rings. The van der Waals surface area contributed by atoms with E-state index in [4.69, 9.17) is 0 Å². The van der Waals surface area contributed by atoms with E-state index in [0.29, 0.717) is 12.3 Å². The van der Waals surface area contributed by atoms with Crippen molar-refractivity contribution in [1.29, 1.82) is 0 Å². The molecular weight excluding hydrogens is 412 g/mol. The lowest BCUT2D eigenvalue weighted by atomic mass is 9.51. The van der Waals surface area contributed by atoms with Crippen LogP contribution in [0.5, 0.6) is 0 Å². The van der Waals surface area contributed by atoms with Crippen molar-refractivity contribution in [3.8, 4) is 0 Å². The first-order chi connectivity index (χ1) is 13.5. The van der Waals surface area contributed by atoms with E-state index < -0.39 is 0 Å². The van der Waals surface area contributed by atoms with Gasteiger partial charge in [-0.1, -0.05) is 25.5 Å². The van der Waals surface area contributed by atoms with Crippen molar-refractivity contribution >= 4 is 21.7 Å². The Morgan fingerprint density at radius 2 is 2.11 bits per heavy atom. The number of aromatic nitrogens is 2. The minimum atomic E-state index is 0.204. The first-order valence-corrected chi connectivity index (χ1v) is 12.1. The number of ketones is 1. The van der Waals surface area contributed by atoms with Gasteiger partial charge in [-0.3, -0.25) is 9.48 Å². The number of rotatable bonds is 3. The highest BCUT2D eigenvalue weighted by molar-refractivity contribution is 9.10. The van der Waals surface area contributed by atoms with Gasteiger partial charge in [0, 0.05) is 12.1 Å². The maximum atomic E-state index is 13.2. The third kappa shape index (κ3) is 3.05. The zero-order chi connectivity index (χ0) is 19.5. The summed E-state index contributed by atoms with van der Waals surface area (Å²) in [6.07, 6.45) is 16.7. The molecule has 0 bridgehead atoms. The predicted octanol–water partition coefficient (Wildman–Crippen LogP) is 6.04. The molecule has 0 amide bonds. The summed E-state index contributed by atoms with van der Waals surface area (Å²) in [5.41, 5.74) is 1.99. The molecule has 1 aromatic rings. The Labute approximate surface area is 177 Å². The second kappa shape index (κ2) is 7.11. The molecule has 152 valence electrons. The minimum absolute atomic E-state index is 0.204. The van der Waals surface area contributed by atoms with Crippen LogP contribution in [0.1, 0.15) is 65.2 Å². The maximum Gasteiger partial charge on any atom is 0.157 e. The molecule has 1 heterocycles. The molecule has 4 aliphatic carbocycles. The SMILES string of the molecule is CC1CCC2C(=CCC3C2CCC2(C)C(C(=O)Cn4cc(Br)cn4)CCC32)C1. The number of allylic oxidation sites excluding steroid dienone is 2. The van der Waals surface area contributed by atoms with Crippen molar-refractivity contribution in [2.45, 2.75) is 71.8 Å². The van der Waals surface area contributed by atoms with E-state index in [1.165, 1.54) is 44.9 Å². The van der Waals surface area contributed by atoms with Crippen molar-refractivity contribution in [2.75, 3.05) is 0 Å². The van der Waals surface area contributed by atoms with Crippen LogP contribution in [0.4, 0.5) is 0 Å². The van der Waals surface area contributed by atoms with Crippen molar-refractivity contribution in [3.05, 3.63) is 28.5 Å². The van der Waals surface area contributed by atoms with Gasteiger partial charge < -0.3 is 0 Å². The zero-order valence-corrected chi connectivity index (χ0v) is 18.8. The smallest absolute Gasteiger partial charge is 0.157 e.